The van der Waals surface area contributed by atoms with Crippen molar-refractivity contribution in [2.45, 2.75) is 31.3 Å². The van der Waals surface area contributed by atoms with Crippen LogP contribution in [0.15, 0.2) is 0 Å². The van der Waals surface area contributed by atoms with E-state index in [4.69, 9.17) is 4.74 Å². The first kappa shape index (κ1) is 6.40. The summed E-state index contributed by atoms with van der Waals surface area (Å²) >= 11 is 0. The number of ether oxygens (including phenoxy) is 1. The lowest BCUT2D eigenvalue weighted by Crippen LogP contribution is -2.31. The Bertz CT molecular complexity index is 194. The predicted octanol–water partition coefficient (Wildman–Crippen LogP) is -0.280. The molecule has 11 heavy (non-hydrogen) atoms. The number of hydrogen-bond donors (Lipinski definition) is 2. The number of hydrogen-bond acceptors (Lipinski definition) is 3. The van der Waals surface area contributed by atoms with E-state index in [9.17, 15) is 10.2 Å². The maximum Gasteiger partial charge on any atom is 0.158 e. The van der Waals surface area contributed by atoms with Gasteiger partial charge in [-0.15, -0.1) is 0 Å². The maximum absolute atomic E-state index is 9.59. The first-order valence-corrected chi connectivity index (χ1v) is 4.29. The van der Waals surface area contributed by atoms with Crippen LogP contribution in [0, 0.1) is 17.8 Å². The molecule has 2 aliphatic carbocycles. The van der Waals surface area contributed by atoms with Gasteiger partial charge in [0.2, 0.25) is 0 Å². The van der Waals surface area contributed by atoms with Crippen molar-refractivity contribution < 1.29 is 14.9 Å². The first-order valence-electron chi connectivity index (χ1n) is 4.29. The number of rotatable bonds is 0. The Hall–Kier alpha value is -0.120. The number of aliphatic hydroxyl groups is 2. The van der Waals surface area contributed by atoms with Gasteiger partial charge < -0.3 is 14.9 Å². The van der Waals surface area contributed by atoms with E-state index in [1.54, 1.807) is 0 Å². The monoisotopic (exact) mass is 156 g/mol. The summed E-state index contributed by atoms with van der Waals surface area (Å²) in [6.45, 7) is 0. The third-order valence-electron chi connectivity index (χ3n) is 3.60. The lowest BCUT2D eigenvalue weighted by atomic mass is 9.88. The summed E-state index contributed by atoms with van der Waals surface area (Å²) in [5.41, 5.74) is 0. The zero-order valence-electron chi connectivity index (χ0n) is 6.18. The molecule has 3 heteroatoms. The van der Waals surface area contributed by atoms with E-state index in [0.717, 1.165) is 12.8 Å². The highest BCUT2D eigenvalue weighted by Gasteiger charge is 2.60. The summed E-state index contributed by atoms with van der Waals surface area (Å²) in [6.07, 6.45) is 1.09. The molecule has 0 spiro atoms. The van der Waals surface area contributed by atoms with Crippen molar-refractivity contribution in [3.63, 3.8) is 0 Å². The predicted molar refractivity (Wildman–Crippen MR) is 36.6 cm³/mol. The zero-order chi connectivity index (χ0) is 7.59. The van der Waals surface area contributed by atoms with Crippen molar-refractivity contribution in [1.82, 2.24) is 0 Å². The highest BCUT2D eigenvalue weighted by molar-refractivity contribution is 5.06. The normalized spacial score (nSPS) is 66.0. The van der Waals surface area contributed by atoms with E-state index in [1.807, 2.05) is 0 Å². The largest absolute Gasteiger partial charge is 0.390 e. The van der Waals surface area contributed by atoms with Gasteiger partial charge in [-0.2, -0.15) is 0 Å². The minimum atomic E-state index is -0.591. The van der Waals surface area contributed by atoms with Crippen LogP contribution in [-0.4, -0.2) is 28.7 Å². The van der Waals surface area contributed by atoms with Crippen LogP contribution >= 0.6 is 0 Å². The van der Waals surface area contributed by atoms with Gasteiger partial charge in [-0.05, 0) is 24.7 Å². The molecule has 3 fully saturated rings. The van der Waals surface area contributed by atoms with E-state index in [1.165, 1.54) is 0 Å². The summed E-state index contributed by atoms with van der Waals surface area (Å²) < 4.78 is 5.26. The lowest BCUT2D eigenvalue weighted by Gasteiger charge is -2.20. The Balaban J connectivity index is 1.98. The van der Waals surface area contributed by atoms with Crippen LogP contribution in [0.2, 0.25) is 0 Å². The summed E-state index contributed by atoms with van der Waals surface area (Å²) in [5.74, 6) is 1.19. The summed E-state index contributed by atoms with van der Waals surface area (Å²) in [5, 5.41) is 19.0. The molecule has 2 saturated carbocycles. The molecule has 0 amide bonds. The van der Waals surface area contributed by atoms with Crippen LogP contribution in [0.5, 0.6) is 0 Å². The van der Waals surface area contributed by atoms with Crippen LogP contribution in [0.3, 0.4) is 0 Å². The fraction of sp³-hybridized carbons (Fsp3) is 1.00. The summed E-state index contributed by atoms with van der Waals surface area (Å²) in [4.78, 5) is 0. The summed E-state index contributed by atoms with van der Waals surface area (Å²) in [6, 6.07) is 0. The molecular formula is C8H12O3. The van der Waals surface area contributed by atoms with Gasteiger partial charge in [-0.1, -0.05) is 0 Å². The van der Waals surface area contributed by atoms with Crippen molar-refractivity contribution in [3.8, 4) is 0 Å². The van der Waals surface area contributed by atoms with E-state index in [-0.39, 0.29) is 12.2 Å². The molecule has 2 bridgehead atoms. The molecule has 1 aliphatic heterocycles. The van der Waals surface area contributed by atoms with Gasteiger partial charge >= 0.3 is 0 Å². The summed E-state index contributed by atoms with van der Waals surface area (Å²) in [7, 11) is 0. The SMILES string of the molecule is OC1O[C@H]2C(O)C3CC1C2C3. The van der Waals surface area contributed by atoms with Crippen molar-refractivity contribution in [3.05, 3.63) is 0 Å². The van der Waals surface area contributed by atoms with Crippen molar-refractivity contribution in [1.29, 1.82) is 0 Å². The Morgan fingerprint density at radius 3 is 2.45 bits per heavy atom. The van der Waals surface area contributed by atoms with Crippen LogP contribution in [0.4, 0.5) is 0 Å². The third-order valence-corrected chi connectivity index (χ3v) is 3.60. The second-order valence-corrected chi connectivity index (χ2v) is 4.04. The van der Waals surface area contributed by atoms with Gasteiger partial charge in [-0.3, -0.25) is 0 Å². The first-order chi connectivity index (χ1) is 5.27. The molecule has 3 rings (SSSR count). The average Bonchev–Trinajstić information content (AvgIpc) is 2.53. The van der Waals surface area contributed by atoms with Gasteiger partial charge in [0, 0.05) is 5.92 Å². The molecule has 5 unspecified atom stereocenters. The molecule has 1 heterocycles. The maximum atomic E-state index is 9.59. The topological polar surface area (TPSA) is 49.7 Å². The van der Waals surface area contributed by atoms with Gasteiger partial charge in [0.25, 0.3) is 0 Å². The minimum Gasteiger partial charge on any atom is -0.390 e. The Kier molecular flexibility index (Phi) is 1.04. The second kappa shape index (κ2) is 1.79. The number of aliphatic hydroxyl groups excluding tert-OH is 2. The molecule has 2 N–H and O–H groups in total. The van der Waals surface area contributed by atoms with E-state index < -0.39 is 6.29 Å². The van der Waals surface area contributed by atoms with Gasteiger partial charge in [0.1, 0.15) is 0 Å². The Morgan fingerprint density at radius 1 is 1.09 bits per heavy atom. The van der Waals surface area contributed by atoms with E-state index in [2.05, 4.69) is 0 Å². The molecule has 0 radical (unpaired) electrons. The number of fused-ring (bicyclic) bond motifs is 1. The quantitative estimate of drug-likeness (QED) is 0.507. The van der Waals surface area contributed by atoms with Crippen LogP contribution in [-0.2, 0) is 4.74 Å². The molecule has 62 valence electrons. The second-order valence-electron chi connectivity index (χ2n) is 4.04. The van der Waals surface area contributed by atoms with E-state index >= 15 is 0 Å². The highest BCUT2D eigenvalue weighted by Crippen LogP contribution is 2.55. The van der Waals surface area contributed by atoms with Gasteiger partial charge in [0.15, 0.2) is 6.29 Å². The van der Waals surface area contributed by atoms with Crippen molar-refractivity contribution >= 4 is 0 Å². The highest BCUT2D eigenvalue weighted by atomic mass is 16.6. The van der Waals surface area contributed by atoms with Crippen LogP contribution < -0.4 is 0 Å². The standard InChI is InChI=1S/C8H12O3/c9-6-3-1-4-5(2-3)8(10)11-7(4)6/h3-10H,1-2H2/t3?,4?,5?,6?,7-,8?/m1/s1. The van der Waals surface area contributed by atoms with Crippen LogP contribution in [0.25, 0.3) is 0 Å². The lowest BCUT2D eigenvalue weighted by molar-refractivity contribution is -0.121. The molecule has 0 aromatic heterocycles. The third kappa shape index (κ3) is 0.604. The molecule has 6 atom stereocenters. The molecule has 3 aliphatic rings. The smallest absolute Gasteiger partial charge is 0.158 e. The fourth-order valence-corrected chi connectivity index (χ4v) is 3.09. The molecule has 0 aromatic carbocycles. The minimum absolute atomic E-state index is 0.0475. The van der Waals surface area contributed by atoms with Crippen LogP contribution in [0.1, 0.15) is 12.8 Å². The average molecular weight is 156 g/mol. The zero-order valence-corrected chi connectivity index (χ0v) is 6.18. The molecular weight excluding hydrogens is 144 g/mol. The fourth-order valence-electron chi connectivity index (χ4n) is 3.09. The molecule has 0 aromatic rings. The molecule has 3 nitrogen and oxygen atoms in total. The van der Waals surface area contributed by atoms with Crippen molar-refractivity contribution in [2.24, 2.45) is 17.8 Å². The van der Waals surface area contributed by atoms with Gasteiger partial charge in [-0.25, -0.2) is 0 Å². The Labute approximate surface area is 65.0 Å². The van der Waals surface area contributed by atoms with Gasteiger partial charge in [0.05, 0.1) is 12.2 Å². The van der Waals surface area contributed by atoms with E-state index in [0.29, 0.717) is 17.8 Å². The molecule has 1 saturated heterocycles. The van der Waals surface area contributed by atoms with Crippen molar-refractivity contribution in [2.75, 3.05) is 0 Å². The Morgan fingerprint density at radius 2 is 1.82 bits per heavy atom.